The van der Waals surface area contributed by atoms with Crippen molar-refractivity contribution in [1.29, 1.82) is 0 Å². The third-order valence-electron chi connectivity index (χ3n) is 5.90. The van der Waals surface area contributed by atoms with Gasteiger partial charge in [0, 0.05) is 21.8 Å². The van der Waals surface area contributed by atoms with Crippen LogP contribution in [0.25, 0.3) is 0 Å². The maximum atomic E-state index is 15.6. The van der Waals surface area contributed by atoms with Crippen LogP contribution in [0, 0.1) is 5.82 Å². The molecule has 9 heteroatoms. The lowest BCUT2D eigenvalue weighted by atomic mass is 9.78. The zero-order chi connectivity index (χ0) is 22.6. The molecule has 0 spiro atoms. The average molecular weight is 454 g/mol. The number of nitrogens with zero attached hydrogens (tertiary/aromatic N) is 1. The molecule has 4 rings (SSSR count). The zero-order valence-electron chi connectivity index (χ0n) is 17.3. The number of ether oxygens (including phenoxy) is 2. The molecule has 2 aliphatic heterocycles. The first kappa shape index (κ1) is 21.8. The lowest BCUT2D eigenvalue weighted by molar-refractivity contribution is -0.214. The van der Waals surface area contributed by atoms with Gasteiger partial charge in [0.05, 0.1) is 6.04 Å². The van der Waals surface area contributed by atoms with E-state index in [9.17, 15) is 4.39 Å². The molecule has 166 valence electrons. The number of nitrogens with two attached hydrogens (primary N) is 1. The maximum Gasteiger partial charge on any atom is 0.304 e. The van der Waals surface area contributed by atoms with Gasteiger partial charge in [-0.25, -0.2) is 13.2 Å². The second kappa shape index (κ2) is 7.31. The highest BCUT2D eigenvalue weighted by atomic mass is 35.5. The first-order valence-corrected chi connectivity index (χ1v) is 10.2. The molecule has 0 aromatic heterocycles. The number of aliphatic imine (C=N–C) groups is 1. The zero-order valence-corrected chi connectivity index (χ0v) is 18.1. The van der Waals surface area contributed by atoms with Crippen molar-refractivity contribution < 1.29 is 22.6 Å². The summed E-state index contributed by atoms with van der Waals surface area (Å²) < 4.78 is 57.0. The van der Waals surface area contributed by atoms with Gasteiger partial charge < -0.3 is 20.5 Å². The van der Waals surface area contributed by atoms with Crippen LogP contribution in [0.5, 0.6) is 5.75 Å². The van der Waals surface area contributed by atoms with Crippen molar-refractivity contribution in [3.05, 3.63) is 58.4 Å². The fraction of sp³-hybridized carbons (Fsp3) is 0.409. The normalized spacial score (nSPS) is 26.4. The molecule has 2 aromatic carbocycles. The highest BCUT2D eigenvalue weighted by Gasteiger charge is 2.64. The second-order valence-electron chi connectivity index (χ2n) is 8.43. The van der Waals surface area contributed by atoms with E-state index in [1.165, 1.54) is 32.9 Å². The van der Waals surface area contributed by atoms with Crippen molar-refractivity contribution in [2.24, 2.45) is 10.7 Å². The van der Waals surface area contributed by atoms with Gasteiger partial charge in [0.2, 0.25) is 0 Å². The molecule has 0 amide bonds. The monoisotopic (exact) mass is 453 g/mol. The molecular weight excluding hydrogens is 431 g/mol. The van der Waals surface area contributed by atoms with Gasteiger partial charge in [-0.3, -0.25) is 4.99 Å². The Hall–Kier alpha value is -2.45. The molecule has 0 saturated heterocycles. The fourth-order valence-corrected chi connectivity index (χ4v) is 4.21. The van der Waals surface area contributed by atoms with E-state index in [1.54, 1.807) is 12.1 Å². The van der Waals surface area contributed by atoms with Gasteiger partial charge in [-0.1, -0.05) is 17.7 Å². The number of hydrogen-bond donors (Lipinski definition) is 2. The Morgan fingerprint density at radius 2 is 1.90 bits per heavy atom. The lowest BCUT2D eigenvalue weighted by Gasteiger charge is -2.42. The SMILES string of the molecule is CC1(C)OCC(N)=N[C@](C)(c2cc(NC3COc4cc(Cl)ccc43)ccc2F)C1(F)F. The van der Waals surface area contributed by atoms with E-state index >= 15 is 8.78 Å². The smallest absolute Gasteiger partial charge is 0.304 e. The Labute approximate surface area is 183 Å². The van der Waals surface area contributed by atoms with E-state index in [2.05, 4.69) is 10.3 Å². The Kier molecular flexibility index (Phi) is 5.13. The van der Waals surface area contributed by atoms with Crippen LogP contribution in [-0.4, -0.2) is 30.6 Å². The second-order valence-corrected chi connectivity index (χ2v) is 8.87. The van der Waals surface area contributed by atoms with Crippen molar-refractivity contribution in [3.8, 4) is 5.75 Å². The van der Waals surface area contributed by atoms with E-state index < -0.39 is 22.9 Å². The molecule has 3 N–H and O–H groups in total. The van der Waals surface area contributed by atoms with Crippen LogP contribution in [0.2, 0.25) is 5.02 Å². The van der Waals surface area contributed by atoms with Gasteiger partial charge in [-0.15, -0.1) is 0 Å². The van der Waals surface area contributed by atoms with Crippen molar-refractivity contribution in [2.75, 3.05) is 18.5 Å². The Morgan fingerprint density at radius 1 is 1.16 bits per heavy atom. The van der Waals surface area contributed by atoms with Gasteiger partial charge in [-0.05, 0) is 51.1 Å². The maximum absolute atomic E-state index is 15.6. The third-order valence-corrected chi connectivity index (χ3v) is 6.14. The Morgan fingerprint density at radius 3 is 2.65 bits per heavy atom. The van der Waals surface area contributed by atoms with Gasteiger partial charge in [0.15, 0.2) is 5.54 Å². The minimum atomic E-state index is -3.56. The molecule has 2 atom stereocenters. The van der Waals surface area contributed by atoms with Crippen LogP contribution >= 0.6 is 11.6 Å². The summed E-state index contributed by atoms with van der Waals surface area (Å²) >= 11 is 6.00. The van der Waals surface area contributed by atoms with E-state index in [4.69, 9.17) is 26.8 Å². The largest absolute Gasteiger partial charge is 0.491 e. The third kappa shape index (κ3) is 3.51. The number of benzene rings is 2. The van der Waals surface area contributed by atoms with Gasteiger partial charge >= 0.3 is 5.92 Å². The molecule has 31 heavy (non-hydrogen) atoms. The number of hydrogen-bond acceptors (Lipinski definition) is 5. The number of fused-ring (bicyclic) bond motifs is 1. The van der Waals surface area contributed by atoms with E-state index in [0.29, 0.717) is 23.1 Å². The predicted molar refractivity (Wildman–Crippen MR) is 114 cm³/mol. The summed E-state index contributed by atoms with van der Waals surface area (Å²) in [6.07, 6.45) is 0. The van der Waals surface area contributed by atoms with Crippen molar-refractivity contribution in [2.45, 2.75) is 43.9 Å². The number of rotatable bonds is 3. The summed E-state index contributed by atoms with van der Waals surface area (Å²) in [4.78, 5) is 4.02. The van der Waals surface area contributed by atoms with Crippen LogP contribution in [0.1, 0.15) is 37.9 Å². The van der Waals surface area contributed by atoms with Crippen molar-refractivity contribution in [1.82, 2.24) is 0 Å². The van der Waals surface area contributed by atoms with Crippen molar-refractivity contribution >= 4 is 23.1 Å². The summed E-state index contributed by atoms with van der Waals surface area (Å²) in [5.74, 6) is -3.84. The summed E-state index contributed by atoms with van der Waals surface area (Å²) in [6, 6.07) is 9.00. The molecule has 0 saturated carbocycles. The lowest BCUT2D eigenvalue weighted by Crippen LogP contribution is -2.56. The first-order chi connectivity index (χ1) is 14.4. The Balaban J connectivity index is 1.74. The first-order valence-electron chi connectivity index (χ1n) is 9.79. The molecule has 2 aromatic rings. The highest BCUT2D eigenvalue weighted by molar-refractivity contribution is 6.30. The van der Waals surface area contributed by atoms with Crippen molar-refractivity contribution in [3.63, 3.8) is 0 Å². The molecule has 0 radical (unpaired) electrons. The fourth-order valence-electron chi connectivity index (χ4n) is 4.04. The summed E-state index contributed by atoms with van der Waals surface area (Å²) in [5.41, 5.74) is 2.66. The van der Waals surface area contributed by atoms with Crippen LogP contribution in [0.3, 0.4) is 0 Å². The predicted octanol–water partition coefficient (Wildman–Crippen LogP) is 5.04. The summed E-state index contributed by atoms with van der Waals surface area (Å²) in [6.45, 7) is 3.72. The molecule has 1 unspecified atom stereocenters. The number of anilines is 1. The van der Waals surface area contributed by atoms with E-state index in [0.717, 1.165) is 11.6 Å². The molecule has 2 heterocycles. The summed E-state index contributed by atoms with van der Waals surface area (Å²) in [5, 5.41) is 3.77. The van der Waals surface area contributed by atoms with E-state index in [-0.39, 0.29) is 24.0 Å². The van der Waals surface area contributed by atoms with E-state index in [1.807, 2.05) is 6.07 Å². The number of amidine groups is 1. The standard InChI is InChI=1S/C22H23ClF3N3O2/c1-20(2)22(25,26)21(3,29-19(27)11-31-20)15-9-13(5-7-16(15)24)28-17-10-30-18-8-12(23)4-6-14(17)18/h4-9,17,28H,10-11H2,1-3H3,(H2,27,29)/t17?,21-/m1/s1. The number of halogens is 4. The molecule has 2 aliphatic rings. The average Bonchev–Trinajstić information content (AvgIpc) is 3.06. The Bertz CT molecular complexity index is 1060. The van der Waals surface area contributed by atoms with Crippen LogP contribution in [0.4, 0.5) is 18.9 Å². The van der Waals surface area contributed by atoms with Gasteiger partial charge in [0.25, 0.3) is 0 Å². The minimum Gasteiger partial charge on any atom is -0.491 e. The number of alkyl halides is 2. The van der Waals surface area contributed by atoms with Gasteiger partial charge in [0.1, 0.15) is 36.2 Å². The molecule has 5 nitrogen and oxygen atoms in total. The van der Waals surface area contributed by atoms with Crippen LogP contribution < -0.4 is 15.8 Å². The minimum absolute atomic E-state index is 0.125. The van der Waals surface area contributed by atoms with Crippen LogP contribution in [-0.2, 0) is 10.3 Å². The molecule has 0 fully saturated rings. The number of nitrogens with one attached hydrogen (secondary N) is 1. The molecular formula is C22H23ClF3N3O2. The van der Waals surface area contributed by atoms with Gasteiger partial charge in [-0.2, -0.15) is 0 Å². The topological polar surface area (TPSA) is 68.9 Å². The van der Waals surface area contributed by atoms with Crippen LogP contribution in [0.15, 0.2) is 41.4 Å². The molecule has 0 bridgehead atoms. The summed E-state index contributed by atoms with van der Waals surface area (Å²) in [7, 11) is 0. The quantitative estimate of drug-likeness (QED) is 0.683. The highest BCUT2D eigenvalue weighted by Crippen LogP contribution is 2.51. The molecule has 0 aliphatic carbocycles.